The van der Waals surface area contributed by atoms with Gasteiger partial charge in [-0.15, -0.1) is 0 Å². The number of rotatable bonds is 3. The van der Waals surface area contributed by atoms with E-state index in [9.17, 15) is 4.79 Å². The molecule has 7 heteroatoms. The molecule has 0 aliphatic carbocycles. The summed E-state index contributed by atoms with van der Waals surface area (Å²) in [5.41, 5.74) is 1.34. The molecule has 2 aromatic rings. The van der Waals surface area contributed by atoms with Crippen LogP contribution in [0.25, 0.3) is 0 Å². The van der Waals surface area contributed by atoms with Crippen LogP contribution in [0.15, 0.2) is 24.5 Å². The van der Waals surface area contributed by atoms with E-state index in [1.54, 1.807) is 6.20 Å². The molecule has 0 radical (unpaired) electrons. The van der Waals surface area contributed by atoms with Gasteiger partial charge in [-0.2, -0.15) is 4.98 Å². The number of hydrogen-bond donors (Lipinski definition) is 0. The highest BCUT2D eigenvalue weighted by molar-refractivity contribution is 5.96. The molecule has 2 aliphatic heterocycles. The van der Waals surface area contributed by atoms with Crippen molar-refractivity contribution in [3.05, 3.63) is 41.6 Å². The fourth-order valence-corrected chi connectivity index (χ4v) is 3.43. The van der Waals surface area contributed by atoms with Crippen molar-refractivity contribution >= 4 is 5.91 Å². The van der Waals surface area contributed by atoms with Gasteiger partial charge >= 0.3 is 0 Å². The second-order valence-electron chi connectivity index (χ2n) is 6.86. The minimum Gasteiger partial charge on any atom is -0.483 e. The van der Waals surface area contributed by atoms with Crippen molar-refractivity contribution in [2.45, 2.75) is 38.6 Å². The van der Waals surface area contributed by atoms with Crippen molar-refractivity contribution in [1.82, 2.24) is 19.9 Å². The van der Waals surface area contributed by atoms with Crippen LogP contribution in [0.1, 0.15) is 60.5 Å². The molecule has 26 heavy (non-hydrogen) atoms. The number of amides is 1. The normalized spacial score (nSPS) is 19.0. The molecular weight excluding hydrogens is 332 g/mol. The van der Waals surface area contributed by atoms with Gasteiger partial charge in [-0.3, -0.25) is 9.78 Å². The number of hydrogen-bond acceptors (Lipinski definition) is 6. The summed E-state index contributed by atoms with van der Waals surface area (Å²) in [6.45, 7) is 5.50. The maximum atomic E-state index is 13.4. The van der Waals surface area contributed by atoms with Crippen LogP contribution < -0.4 is 9.47 Å². The van der Waals surface area contributed by atoms with Crippen LogP contribution in [0.3, 0.4) is 0 Å². The number of aromatic nitrogens is 3. The molecule has 0 bridgehead atoms. The van der Waals surface area contributed by atoms with Gasteiger partial charge in [-0.25, -0.2) is 4.98 Å². The van der Waals surface area contributed by atoms with Gasteiger partial charge in [0.25, 0.3) is 11.8 Å². The molecule has 1 atom stereocenters. The number of fused-ring (bicyclic) bond motifs is 1. The maximum Gasteiger partial charge on any atom is 0.277 e. The van der Waals surface area contributed by atoms with Gasteiger partial charge in [-0.05, 0) is 24.5 Å². The molecule has 0 aromatic carbocycles. The molecule has 1 amide bonds. The molecular formula is C19H22N4O3. The third-order valence-electron chi connectivity index (χ3n) is 4.72. The molecule has 4 rings (SSSR count). The fraction of sp³-hybridized carbons (Fsp3) is 0.474. The summed E-state index contributed by atoms with van der Waals surface area (Å²) in [6.07, 6.45) is 5.43. The van der Waals surface area contributed by atoms with Crippen LogP contribution in [-0.4, -0.2) is 45.5 Å². The lowest BCUT2D eigenvalue weighted by Crippen LogP contribution is -2.33. The Morgan fingerprint density at radius 3 is 2.88 bits per heavy atom. The van der Waals surface area contributed by atoms with E-state index in [4.69, 9.17) is 9.47 Å². The van der Waals surface area contributed by atoms with E-state index in [1.165, 1.54) is 0 Å². The van der Waals surface area contributed by atoms with Crippen molar-refractivity contribution in [2.24, 2.45) is 0 Å². The van der Waals surface area contributed by atoms with E-state index in [1.807, 2.05) is 37.1 Å². The van der Waals surface area contributed by atoms with Crippen molar-refractivity contribution in [2.75, 3.05) is 19.8 Å². The molecule has 2 aromatic heterocycles. The van der Waals surface area contributed by atoms with Gasteiger partial charge in [0.2, 0.25) is 5.75 Å². The van der Waals surface area contributed by atoms with Gasteiger partial charge in [-0.1, -0.05) is 19.9 Å². The van der Waals surface area contributed by atoms with E-state index >= 15 is 0 Å². The van der Waals surface area contributed by atoms with Crippen molar-refractivity contribution < 1.29 is 14.3 Å². The summed E-state index contributed by atoms with van der Waals surface area (Å²) in [5, 5.41) is 0. The molecule has 0 saturated carbocycles. The first kappa shape index (κ1) is 16.8. The number of pyridine rings is 1. The highest BCUT2D eigenvalue weighted by atomic mass is 16.6. The number of carbonyl (C=O) groups excluding carboxylic acids is 1. The third kappa shape index (κ3) is 2.98. The zero-order valence-corrected chi connectivity index (χ0v) is 15.0. The van der Waals surface area contributed by atoms with Crippen LogP contribution in [0.5, 0.6) is 11.6 Å². The van der Waals surface area contributed by atoms with Gasteiger partial charge in [0.1, 0.15) is 19.0 Å². The van der Waals surface area contributed by atoms with E-state index in [0.717, 1.165) is 18.4 Å². The number of carbonyl (C=O) groups is 1. The summed E-state index contributed by atoms with van der Waals surface area (Å²) in [4.78, 5) is 28.4. The van der Waals surface area contributed by atoms with Crippen LogP contribution in [-0.2, 0) is 0 Å². The third-order valence-corrected chi connectivity index (χ3v) is 4.72. The molecule has 7 nitrogen and oxygen atoms in total. The van der Waals surface area contributed by atoms with Crippen LogP contribution in [0, 0.1) is 0 Å². The summed E-state index contributed by atoms with van der Waals surface area (Å²) in [7, 11) is 0. The predicted octanol–water partition coefficient (Wildman–Crippen LogP) is 2.74. The lowest BCUT2D eigenvalue weighted by atomic mass is 10.1. The second-order valence-corrected chi connectivity index (χ2v) is 6.86. The summed E-state index contributed by atoms with van der Waals surface area (Å²) in [5.74, 6) is 1.28. The van der Waals surface area contributed by atoms with E-state index in [-0.39, 0.29) is 17.9 Å². The summed E-state index contributed by atoms with van der Waals surface area (Å²) >= 11 is 0. The molecule has 136 valence electrons. The smallest absolute Gasteiger partial charge is 0.277 e. The average Bonchev–Trinajstić information content (AvgIpc) is 3.17. The van der Waals surface area contributed by atoms with Crippen molar-refractivity contribution in [3.63, 3.8) is 0 Å². The SMILES string of the molecule is CC(C)c1nc2c(c(C(=O)N3CCC[C@H]3c3cccnc3)n1)OCCO2. The molecule has 0 spiro atoms. The quantitative estimate of drug-likeness (QED) is 0.843. The highest BCUT2D eigenvalue weighted by Crippen LogP contribution is 2.37. The van der Waals surface area contributed by atoms with Crippen LogP contribution in [0.2, 0.25) is 0 Å². The molecule has 1 saturated heterocycles. The zero-order valence-electron chi connectivity index (χ0n) is 15.0. The Morgan fingerprint density at radius 1 is 1.27 bits per heavy atom. The average molecular weight is 354 g/mol. The minimum absolute atomic E-state index is 0.00817. The van der Waals surface area contributed by atoms with Gasteiger partial charge in [0, 0.05) is 24.9 Å². The van der Waals surface area contributed by atoms with Crippen LogP contribution >= 0.6 is 0 Å². The molecule has 2 aliphatic rings. The monoisotopic (exact) mass is 354 g/mol. The second kappa shape index (κ2) is 6.90. The maximum absolute atomic E-state index is 13.4. The van der Waals surface area contributed by atoms with Gasteiger partial charge in [0.05, 0.1) is 6.04 Å². The predicted molar refractivity (Wildman–Crippen MR) is 94.4 cm³/mol. The molecule has 4 heterocycles. The lowest BCUT2D eigenvalue weighted by Gasteiger charge is -2.27. The largest absolute Gasteiger partial charge is 0.483 e. The lowest BCUT2D eigenvalue weighted by molar-refractivity contribution is 0.0715. The molecule has 1 fully saturated rings. The molecule has 0 N–H and O–H groups in total. The zero-order chi connectivity index (χ0) is 18.1. The Balaban J connectivity index is 1.72. The van der Waals surface area contributed by atoms with Crippen molar-refractivity contribution in [3.8, 4) is 11.6 Å². The Morgan fingerprint density at radius 2 is 2.12 bits per heavy atom. The topological polar surface area (TPSA) is 77.4 Å². The summed E-state index contributed by atoms with van der Waals surface area (Å²) < 4.78 is 11.3. The Labute approximate surface area is 152 Å². The number of ether oxygens (including phenoxy) is 2. The highest BCUT2D eigenvalue weighted by Gasteiger charge is 2.35. The van der Waals surface area contributed by atoms with Crippen LogP contribution in [0.4, 0.5) is 0 Å². The molecule has 0 unspecified atom stereocenters. The van der Waals surface area contributed by atoms with Gasteiger partial charge < -0.3 is 14.4 Å². The Bertz CT molecular complexity index is 810. The first-order chi connectivity index (χ1) is 12.6. The fourth-order valence-electron chi connectivity index (χ4n) is 3.43. The minimum atomic E-state index is -0.137. The standard InChI is InChI=1S/C19H22N4O3/c1-12(2)17-21-15(16-18(22-17)26-10-9-25-16)19(24)23-8-4-6-14(23)13-5-3-7-20-11-13/h3,5,7,11-12,14H,4,6,8-10H2,1-2H3/t14-/m0/s1. The van der Waals surface area contributed by atoms with E-state index in [2.05, 4.69) is 15.0 Å². The number of nitrogens with zero attached hydrogens (tertiary/aromatic N) is 4. The summed E-state index contributed by atoms with van der Waals surface area (Å²) in [6, 6.07) is 3.92. The van der Waals surface area contributed by atoms with E-state index in [0.29, 0.717) is 42.9 Å². The first-order valence-corrected chi connectivity index (χ1v) is 9.03. The van der Waals surface area contributed by atoms with Crippen molar-refractivity contribution in [1.29, 1.82) is 0 Å². The Hall–Kier alpha value is -2.70. The van der Waals surface area contributed by atoms with E-state index < -0.39 is 0 Å². The first-order valence-electron chi connectivity index (χ1n) is 9.03. The number of likely N-dealkylation sites (tertiary alicyclic amines) is 1. The Kier molecular flexibility index (Phi) is 4.44. The van der Waals surface area contributed by atoms with Gasteiger partial charge in [0.15, 0.2) is 5.69 Å².